The van der Waals surface area contributed by atoms with Gasteiger partial charge in [-0.2, -0.15) is 20.7 Å². The molecule has 2 N–H and O–H groups in total. The second-order valence-corrected chi connectivity index (χ2v) is 5.27. The van der Waals surface area contributed by atoms with Crippen LogP contribution in [0.5, 0.6) is 0 Å². The number of nitrogens with zero attached hydrogens (tertiary/aromatic N) is 4. The van der Waals surface area contributed by atoms with Gasteiger partial charge in [0.1, 0.15) is 17.4 Å². The number of rotatable bonds is 2. The number of hydrogen-bond donors (Lipinski definition) is 2. The summed E-state index contributed by atoms with van der Waals surface area (Å²) in [4.78, 5) is 1.94. The SMILES string of the molecule is N#Cc1ccc(Cl)cc1N1CC[C@@](O)(c2cn[nH]n2)C1. The largest absolute Gasteiger partial charge is 0.381 e. The monoisotopic (exact) mass is 289 g/mol. The third-order valence-corrected chi connectivity index (χ3v) is 3.80. The summed E-state index contributed by atoms with van der Waals surface area (Å²) in [5, 5.41) is 30.6. The number of β-amino-alcohol motifs (C(OH)–C–C–N with tert-alkyl or cyclic N) is 1. The summed E-state index contributed by atoms with van der Waals surface area (Å²) in [7, 11) is 0. The lowest BCUT2D eigenvalue weighted by atomic mass is 10.00. The number of aromatic nitrogens is 3. The number of benzene rings is 1. The standard InChI is InChI=1S/C13H12ClN5O/c14-10-2-1-9(6-15)11(5-10)19-4-3-13(20,8-19)12-7-16-18-17-12/h1-2,5,7,20H,3-4,8H2,(H,16,17,18)/t13-/m0/s1. The van der Waals surface area contributed by atoms with Crippen LogP contribution in [0.2, 0.25) is 5.02 Å². The van der Waals surface area contributed by atoms with Crippen LogP contribution in [0.1, 0.15) is 17.7 Å². The summed E-state index contributed by atoms with van der Waals surface area (Å²) < 4.78 is 0. The average Bonchev–Trinajstić information content (AvgIpc) is 3.08. The molecule has 0 unspecified atom stereocenters. The van der Waals surface area contributed by atoms with Crippen LogP contribution in [-0.2, 0) is 5.60 Å². The van der Waals surface area contributed by atoms with Crippen molar-refractivity contribution in [1.82, 2.24) is 15.4 Å². The summed E-state index contributed by atoms with van der Waals surface area (Å²) in [6.07, 6.45) is 2.05. The van der Waals surface area contributed by atoms with Crippen LogP contribution < -0.4 is 4.90 Å². The van der Waals surface area contributed by atoms with Gasteiger partial charge in [-0.25, -0.2) is 0 Å². The Morgan fingerprint density at radius 2 is 2.35 bits per heavy atom. The number of anilines is 1. The molecule has 0 aliphatic carbocycles. The highest BCUT2D eigenvalue weighted by atomic mass is 35.5. The van der Waals surface area contributed by atoms with Crippen molar-refractivity contribution in [3.05, 3.63) is 40.7 Å². The van der Waals surface area contributed by atoms with Crippen molar-refractivity contribution in [2.75, 3.05) is 18.0 Å². The number of H-pyrrole nitrogens is 1. The summed E-state index contributed by atoms with van der Waals surface area (Å²) in [5.41, 5.74) is 0.737. The Bertz CT molecular complexity index is 666. The second-order valence-electron chi connectivity index (χ2n) is 4.83. The van der Waals surface area contributed by atoms with E-state index >= 15 is 0 Å². The zero-order chi connectivity index (χ0) is 14.2. The Labute approximate surface area is 120 Å². The third-order valence-electron chi connectivity index (χ3n) is 3.56. The van der Waals surface area contributed by atoms with Crippen molar-refractivity contribution in [3.8, 4) is 6.07 Å². The molecule has 2 heterocycles. The fourth-order valence-electron chi connectivity index (χ4n) is 2.50. The minimum absolute atomic E-state index is 0.356. The lowest BCUT2D eigenvalue weighted by Crippen LogP contribution is -2.31. The van der Waals surface area contributed by atoms with Crippen molar-refractivity contribution >= 4 is 17.3 Å². The molecule has 0 amide bonds. The smallest absolute Gasteiger partial charge is 0.129 e. The predicted molar refractivity (Wildman–Crippen MR) is 73.3 cm³/mol. The van der Waals surface area contributed by atoms with E-state index in [1.165, 1.54) is 6.20 Å². The first-order valence-corrected chi connectivity index (χ1v) is 6.53. The highest BCUT2D eigenvalue weighted by Gasteiger charge is 2.40. The van der Waals surface area contributed by atoms with Gasteiger partial charge in [0.15, 0.2) is 0 Å². The molecule has 1 atom stereocenters. The van der Waals surface area contributed by atoms with Gasteiger partial charge >= 0.3 is 0 Å². The first kappa shape index (κ1) is 12.9. The molecular formula is C13H12ClN5O. The van der Waals surface area contributed by atoms with Crippen LogP contribution in [0.25, 0.3) is 0 Å². The highest BCUT2D eigenvalue weighted by molar-refractivity contribution is 6.30. The second kappa shape index (κ2) is 4.78. The minimum atomic E-state index is -1.05. The highest BCUT2D eigenvalue weighted by Crippen LogP contribution is 2.35. The zero-order valence-corrected chi connectivity index (χ0v) is 11.3. The summed E-state index contributed by atoms with van der Waals surface area (Å²) in [5.74, 6) is 0. The molecule has 0 radical (unpaired) electrons. The number of aliphatic hydroxyl groups is 1. The number of hydrogen-bond acceptors (Lipinski definition) is 5. The van der Waals surface area contributed by atoms with Gasteiger partial charge in [0.2, 0.25) is 0 Å². The molecule has 3 rings (SSSR count). The van der Waals surface area contributed by atoms with Crippen LogP contribution in [0.3, 0.4) is 0 Å². The van der Waals surface area contributed by atoms with Gasteiger partial charge < -0.3 is 10.0 Å². The molecule has 20 heavy (non-hydrogen) atoms. The number of nitriles is 1. The van der Waals surface area contributed by atoms with Crippen LogP contribution in [-0.4, -0.2) is 33.6 Å². The van der Waals surface area contributed by atoms with E-state index in [1.54, 1.807) is 18.2 Å². The Morgan fingerprint density at radius 3 is 3.05 bits per heavy atom. The van der Waals surface area contributed by atoms with Crippen LogP contribution in [0.4, 0.5) is 5.69 Å². The molecule has 1 saturated heterocycles. The Hall–Kier alpha value is -2.10. The molecule has 2 aromatic rings. The molecule has 0 saturated carbocycles. The van der Waals surface area contributed by atoms with Crippen LogP contribution in [0, 0.1) is 11.3 Å². The molecule has 1 aliphatic heterocycles. The molecular weight excluding hydrogens is 278 g/mol. The van der Waals surface area contributed by atoms with Crippen molar-refractivity contribution in [2.24, 2.45) is 0 Å². The molecule has 1 aromatic heterocycles. The van der Waals surface area contributed by atoms with Gasteiger partial charge in [0, 0.05) is 18.0 Å². The van der Waals surface area contributed by atoms with Gasteiger partial charge in [-0.15, -0.1) is 0 Å². The van der Waals surface area contributed by atoms with Gasteiger partial charge in [0.05, 0.1) is 24.0 Å². The lowest BCUT2D eigenvalue weighted by Gasteiger charge is -2.23. The van der Waals surface area contributed by atoms with E-state index in [2.05, 4.69) is 21.5 Å². The van der Waals surface area contributed by atoms with E-state index in [-0.39, 0.29) is 0 Å². The van der Waals surface area contributed by atoms with E-state index in [1.807, 2.05) is 4.90 Å². The van der Waals surface area contributed by atoms with Gasteiger partial charge in [0.25, 0.3) is 0 Å². The minimum Gasteiger partial charge on any atom is -0.381 e. The van der Waals surface area contributed by atoms with Crippen molar-refractivity contribution in [2.45, 2.75) is 12.0 Å². The molecule has 0 bridgehead atoms. The summed E-state index contributed by atoms with van der Waals surface area (Å²) >= 11 is 6.00. The normalized spacial score (nSPS) is 21.9. The molecule has 0 spiro atoms. The van der Waals surface area contributed by atoms with Gasteiger partial charge in [-0.1, -0.05) is 11.6 Å². The molecule has 1 fully saturated rings. The molecule has 7 heteroatoms. The molecule has 1 aromatic carbocycles. The topological polar surface area (TPSA) is 88.8 Å². The molecule has 102 valence electrons. The number of halogens is 1. The van der Waals surface area contributed by atoms with Crippen molar-refractivity contribution in [1.29, 1.82) is 5.26 Å². The zero-order valence-electron chi connectivity index (χ0n) is 10.5. The van der Waals surface area contributed by atoms with E-state index in [0.29, 0.717) is 35.8 Å². The predicted octanol–water partition coefficient (Wildman–Crippen LogP) is 1.43. The maximum Gasteiger partial charge on any atom is 0.129 e. The lowest BCUT2D eigenvalue weighted by molar-refractivity contribution is 0.0560. The third kappa shape index (κ3) is 2.11. The Morgan fingerprint density at radius 1 is 1.50 bits per heavy atom. The molecule has 1 aliphatic rings. The quantitative estimate of drug-likeness (QED) is 0.873. The summed E-state index contributed by atoms with van der Waals surface area (Å²) in [6, 6.07) is 7.26. The van der Waals surface area contributed by atoms with Gasteiger partial charge in [-0.05, 0) is 18.2 Å². The van der Waals surface area contributed by atoms with E-state index in [9.17, 15) is 10.4 Å². The first-order chi connectivity index (χ1) is 9.62. The number of aromatic amines is 1. The Kier molecular flexibility index (Phi) is 3.08. The fourth-order valence-corrected chi connectivity index (χ4v) is 2.66. The van der Waals surface area contributed by atoms with Crippen LogP contribution in [0.15, 0.2) is 24.4 Å². The Balaban J connectivity index is 1.92. The van der Waals surface area contributed by atoms with E-state index in [0.717, 1.165) is 5.69 Å². The van der Waals surface area contributed by atoms with Crippen molar-refractivity contribution < 1.29 is 5.11 Å². The van der Waals surface area contributed by atoms with Gasteiger partial charge in [-0.3, -0.25) is 0 Å². The molecule has 6 nitrogen and oxygen atoms in total. The average molecular weight is 290 g/mol. The van der Waals surface area contributed by atoms with E-state index < -0.39 is 5.60 Å². The maximum absolute atomic E-state index is 10.6. The summed E-state index contributed by atoms with van der Waals surface area (Å²) in [6.45, 7) is 0.979. The van der Waals surface area contributed by atoms with Crippen molar-refractivity contribution in [3.63, 3.8) is 0 Å². The van der Waals surface area contributed by atoms with Crippen LogP contribution >= 0.6 is 11.6 Å². The maximum atomic E-state index is 10.6. The number of nitrogens with one attached hydrogen (secondary N) is 1. The van der Waals surface area contributed by atoms with E-state index in [4.69, 9.17) is 11.6 Å². The first-order valence-electron chi connectivity index (χ1n) is 6.16. The fraction of sp³-hybridized carbons (Fsp3) is 0.308.